The van der Waals surface area contributed by atoms with Crippen LogP contribution in [0.4, 0.5) is 0 Å². The molecule has 2 aromatic rings. The molecule has 0 aliphatic heterocycles. The van der Waals surface area contributed by atoms with Crippen LogP contribution < -0.4 is 14.8 Å². The van der Waals surface area contributed by atoms with Crippen molar-refractivity contribution in [1.82, 2.24) is 5.32 Å². The normalized spacial score (nSPS) is 10.6. The molecule has 0 aliphatic carbocycles. The van der Waals surface area contributed by atoms with Gasteiger partial charge >= 0.3 is 0 Å². The summed E-state index contributed by atoms with van der Waals surface area (Å²) in [7, 11) is 1.62. The summed E-state index contributed by atoms with van der Waals surface area (Å²) in [6.07, 6.45) is 0.944. The van der Waals surface area contributed by atoms with E-state index < -0.39 is 0 Å². The van der Waals surface area contributed by atoms with Gasteiger partial charge < -0.3 is 14.8 Å². The smallest absolute Gasteiger partial charge is 0.179 e. The molecule has 1 N–H and O–H groups in total. The summed E-state index contributed by atoms with van der Waals surface area (Å²) in [5.74, 6) is 1.26. The van der Waals surface area contributed by atoms with Gasteiger partial charge in [-0.1, -0.05) is 35.3 Å². The first-order valence-electron chi connectivity index (χ1n) is 7.58. The van der Waals surface area contributed by atoms with Gasteiger partial charge in [0.05, 0.1) is 18.7 Å². The van der Waals surface area contributed by atoms with Crippen LogP contribution in [0.5, 0.6) is 11.5 Å². The minimum absolute atomic E-state index is 0.550. The van der Waals surface area contributed by atoms with Crippen LogP contribution in [0, 0.1) is 0 Å². The molecule has 0 aromatic heterocycles. The van der Waals surface area contributed by atoms with Gasteiger partial charge in [0, 0.05) is 11.6 Å². The van der Waals surface area contributed by atoms with Crippen LogP contribution in [0.1, 0.15) is 18.1 Å². The average Bonchev–Trinajstić information content (AvgIpc) is 2.55. The lowest BCUT2D eigenvalue weighted by Gasteiger charge is -2.13. The van der Waals surface area contributed by atoms with E-state index in [2.05, 4.69) is 5.32 Å². The Kier molecular flexibility index (Phi) is 7.03. The molecule has 0 fully saturated rings. The van der Waals surface area contributed by atoms with Gasteiger partial charge in [-0.05, 0) is 55.3 Å². The lowest BCUT2D eigenvalue weighted by atomic mass is 10.1. The van der Waals surface area contributed by atoms with E-state index in [1.807, 2.05) is 43.3 Å². The lowest BCUT2D eigenvalue weighted by Crippen LogP contribution is -2.16. The van der Waals surface area contributed by atoms with Gasteiger partial charge in [-0.3, -0.25) is 0 Å². The van der Waals surface area contributed by atoms with Gasteiger partial charge in [0.2, 0.25) is 0 Å². The van der Waals surface area contributed by atoms with Crippen LogP contribution >= 0.6 is 23.2 Å². The maximum absolute atomic E-state index is 6.27. The van der Waals surface area contributed by atoms with Gasteiger partial charge in [-0.25, -0.2) is 0 Å². The summed E-state index contributed by atoms with van der Waals surface area (Å²) < 4.78 is 10.9. The SMILES string of the molecule is CCOc1c(Cl)cc(CNCCc2ccc(Cl)cc2)cc1OC. The average molecular weight is 354 g/mol. The molecule has 0 spiro atoms. The maximum Gasteiger partial charge on any atom is 0.179 e. The highest BCUT2D eigenvalue weighted by atomic mass is 35.5. The van der Waals surface area contributed by atoms with Crippen LogP contribution in [0.25, 0.3) is 0 Å². The van der Waals surface area contributed by atoms with Crippen LogP contribution in [-0.4, -0.2) is 20.3 Å². The van der Waals surface area contributed by atoms with Crippen molar-refractivity contribution in [3.05, 3.63) is 57.6 Å². The molecule has 23 heavy (non-hydrogen) atoms. The zero-order valence-corrected chi connectivity index (χ0v) is 14.9. The Morgan fingerprint density at radius 3 is 2.43 bits per heavy atom. The van der Waals surface area contributed by atoms with Crippen molar-refractivity contribution in [3.63, 3.8) is 0 Å². The molecule has 0 saturated carbocycles. The molecular weight excluding hydrogens is 333 g/mol. The van der Waals surface area contributed by atoms with Gasteiger partial charge in [-0.15, -0.1) is 0 Å². The number of benzene rings is 2. The van der Waals surface area contributed by atoms with Crippen molar-refractivity contribution < 1.29 is 9.47 Å². The van der Waals surface area contributed by atoms with E-state index >= 15 is 0 Å². The van der Waals surface area contributed by atoms with Gasteiger partial charge in [0.1, 0.15) is 0 Å². The van der Waals surface area contributed by atoms with E-state index in [1.54, 1.807) is 7.11 Å². The molecule has 0 saturated heterocycles. The van der Waals surface area contributed by atoms with E-state index in [1.165, 1.54) is 5.56 Å². The highest BCUT2D eigenvalue weighted by Gasteiger charge is 2.11. The molecule has 2 rings (SSSR count). The van der Waals surface area contributed by atoms with Crippen LogP contribution in [0.3, 0.4) is 0 Å². The number of hydrogen-bond donors (Lipinski definition) is 1. The number of halogens is 2. The number of nitrogens with one attached hydrogen (secondary N) is 1. The molecule has 0 aliphatic rings. The first-order valence-corrected chi connectivity index (χ1v) is 8.34. The fourth-order valence-electron chi connectivity index (χ4n) is 2.28. The number of hydrogen-bond acceptors (Lipinski definition) is 3. The zero-order chi connectivity index (χ0) is 16.7. The molecule has 0 radical (unpaired) electrons. The molecule has 3 nitrogen and oxygen atoms in total. The Morgan fingerprint density at radius 1 is 1.04 bits per heavy atom. The molecule has 124 valence electrons. The molecule has 0 amide bonds. The number of ether oxygens (including phenoxy) is 2. The summed E-state index contributed by atoms with van der Waals surface area (Å²) >= 11 is 12.2. The van der Waals surface area contributed by atoms with E-state index in [9.17, 15) is 0 Å². The fourth-order valence-corrected chi connectivity index (χ4v) is 2.69. The Morgan fingerprint density at radius 2 is 1.78 bits per heavy atom. The molecule has 0 bridgehead atoms. The van der Waals surface area contributed by atoms with Crippen molar-refractivity contribution in [2.45, 2.75) is 19.9 Å². The van der Waals surface area contributed by atoms with Gasteiger partial charge in [0.15, 0.2) is 11.5 Å². The van der Waals surface area contributed by atoms with E-state index in [0.717, 1.165) is 30.1 Å². The lowest BCUT2D eigenvalue weighted by molar-refractivity contribution is 0.311. The number of methoxy groups -OCH3 is 1. The maximum atomic E-state index is 6.27. The first kappa shape index (κ1) is 17.9. The van der Waals surface area contributed by atoms with Gasteiger partial charge in [-0.2, -0.15) is 0 Å². The standard InChI is InChI=1S/C18H21Cl2NO2/c1-3-23-18-16(20)10-14(11-17(18)22-2)12-21-9-8-13-4-6-15(19)7-5-13/h4-7,10-11,21H,3,8-9,12H2,1-2H3. The summed E-state index contributed by atoms with van der Waals surface area (Å²) in [5.41, 5.74) is 2.32. The fraction of sp³-hybridized carbons (Fsp3) is 0.333. The van der Waals surface area contributed by atoms with Crippen molar-refractivity contribution in [2.24, 2.45) is 0 Å². The van der Waals surface area contributed by atoms with Crippen molar-refractivity contribution in [1.29, 1.82) is 0 Å². The van der Waals surface area contributed by atoms with E-state index in [4.69, 9.17) is 32.7 Å². The third-order valence-corrected chi connectivity index (χ3v) is 3.94. The third-order valence-electron chi connectivity index (χ3n) is 3.41. The van der Waals surface area contributed by atoms with E-state index in [0.29, 0.717) is 23.1 Å². The molecule has 0 heterocycles. The first-order chi connectivity index (χ1) is 11.1. The number of rotatable bonds is 8. The predicted octanol–water partition coefficient (Wildman–Crippen LogP) is 4.73. The Labute approximate surface area is 147 Å². The summed E-state index contributed by atoms with van der Waals surface area (Å²) in [4.78, 5) is 0. The second-order valence-electron chi connectivity index (χ2n) is 5.10. The Bertz CT molecular complexity index is 630. The molecule has 0 atom stereocenters. The molecular formula is C18H21Cl2NO2. The topological polar surface area (TPSA) is 30.5 Å². The van der Waals surface area contributed by atoms with Crippen molar-refractivity contribution in [2.75, 3.05) is 20.3 Å². The van der Waals surface area contributed by atoms with Crippen LogP contribution in [0.2, 0.25) is 10.0 Å². The second-order valence-corrected chi connectivity index (χ2v) is 5.94. The van der Waals surface area contributed by atoms with Crippen molar-refractivity contribution >= 4 is 23.2 Å². The summed E-state index contributed by atoms with van der Waals surface area (Å²) in [5, 5.41) is 4.74. The predicted molar refractivity (Wildman–Crippen MR) is 96.0 cm³/mol. The van der Waals surface area contributed by atoms with Crippen molar-refractivity contribution in [3.8, 4) is 11.5 Å². The quantitative estimate of drug-likeness (QED) is 0.695. The zero-order valence-electron chi connectivity index (χ0n) is 13.4. The third kappa shape index (κ3) is 5.31. The highest BCUT2D eigenvalue weighted by Crippen LogP contribution is 2.36. The highest BCUT2D eigenvalue weighted by molar-refractivity contribution is 6.32. The largest absolute Gasteiger partial charge is 0.493 e. The Balaban J connectivity index is 1.90. The minimum atomic E-state index is 0.550. The van der Waals surface area contributed by atoms with Crippen LogP contribution in [-0.2, 0) is 13.0 Å². The minimum Gasteiger partial charge on any atom is -0.493 e. The molecule has 2 aromatic carbocycles. The Hall–Kier alpha value is -1.42. The summed E-state index contributed by atoms with van der Waals surface area (Å²) in [6.45, 7) is 4.06. The van der Waals surface area contributed by atoms with Crippen LogP contribution in [0.15, 0.2) is 36.4 Å². The second kappa shape index (κ2) is 9.02. The van der Waals surface area contributed by atoms with E-state index in [-0.39, 0.29) is 0 Å². The molecule has 0 unspecified atom stereocenters. The monoisotopic (exact) mass is 353 g/mol. The molecule has 5 heteroatoms. The summed E-state index contributed by atoms with van der Waals surface area (Å²) in [6, 6.07) is 11.8. The van der Waals surface area contributed by atoms with Gasteiger partial charge in [0.25, 0.3) is 0 Å².